The first-order valence-electron chi connectivity index (χ1n) is 8.90. The highest BCUT2D eigenvalue weighted by Gasteiger charge is 2.46. The number of fused-ring (bicyclic) bond motifs is 2. The van der Waals surface area contributed by atoms with E-state index in [0.29, 0.717) is 18.4 Å². The molecule has 0 N–H and O–H groups in total. The van der Waals surface area contributed by atoms with Crippen LogP contribution in [0.15, 0.2) is 24.3 Å². The first kappa shape index (κ1) is 17.5. The second kappa shape index (κ2) is 6.55. The van der Waals surface area contributed by atoms with Crippen LogP contribution in [0.2, 0.25) is 0 Å². The fourth-order valence-corrected chi connectivity index (χ4v) is 3.97. The Balaban J connectivity index is 1.70. The Kier molecular flexibility index (Phi) is 4.60. The molecule has 0 aliphatic carbocycles. The summed E-state index contributed by atoms with van der Waals surface area (Å²) >= 11 is 0. The van der Waals surface area contributed by atoms with Gasteiger partial charge in [-0.15, -0.1) is 6.42 Å². The number of ether oxygens (including phenoxy) is 1. The summed E-state index contributed by atoms with van der Waals surface area (Å²) in [6.45, 7) is 5.63. The number of rotatable bonds is 2. The zero-order chi connectivity index (χ0) is 18.2. The molecule has 2 aliphatic heterocycles. The predicted molar refractivity (Wildman–Crippen MR) is 96.3 cm³/mol. The molecule has 0 radical (unpaired) electrons. The third-order valence-corrected chi connectivity index (χ3v) is 5.04. The monoisotopic (exact) mass is 339 g/mol. The van der Waals surface area contributed by atoms with E-state index in [2.05, 4.69) is 5.92 Å². The van der Waals surface area contributed by atoms with Crippen LogP contribution < -0.4 is 0 Å². The third-order valence-electron chi connectivity index (χ3n) is 5.04. The third kappa shape index (κ3) is 3.71. The van der Waals surface area contributed by atoms with Crippen LogP contribution in [0.5, 0.6) is 0 Å². The summed E-state index contributed by atoms with van der Waals surface area (Å²) in [5.74, 6) is 2.69. The standard InChI is InChI=1S/C21H25NO3/c1-5-14-6-8-15(9-7-14)19(23)16-12-17-10-11-18(13-16)22(17)20(24)25-21(2,3)4/h1,6-9,16-18H,10-13H2,2-4H3. The fraction of sp³-hybridized carbons (Fsp3) is 0.524. The molecule has 2 unspecified atom stereocenters. The van der Waals surface area contributed by atoms with Crippen LogP contribution in [0.1, 0.15) is 62.4 Å². The van der Waals surface area contributed by atoms with Gasteiger partial charge in [-0.3, -0.25) is 4.79 Å². The smallest absolute Gasteiger partial charge is 0.410 e. The van der Waals surface area contributed by atoms with Crippen molar-refractivity contribution >= 4 is 11.9 Å². The van der Waals surface area contributed by atoms with Crippen molar-refractivity contribution in [2.24, 2.45) is 5.92 Å². The molecule has 0 spiro atoms. The van der Waals surface area contributed by atoms with Gasteiger partial charge in [0.15, 0.2) is 5.78 Å². The van der Waals surface area contributed by atoms with E-state index in [1.807, 2.05) is 25.7 Å². The van der Waals surface area contributed by atoms with Gasteiger partial charge in [0, 0.05) is 29.1 Å². The van der Waals surface area contributed by atoms with Gasteiger partial charge in [-0.25, -0.2) is 4.79 Å². The van der Waals surface area contributed by atoms with Gasteiger partial charge >= 0.3 is 6.09 Å². The second-order valence-corrected chi connectivity index (χ2v) is 8.03. The van der Waals surface area contributed by atoms with Crippen LogP contribution in [0.3, 0.4) is 0 Å². The number of ketones is 1. The average Bonchev–Trinajstić information content (AvgIpc) is 2.83. The lowest BCUT2D eigenvalue weighted by molar-refractivity contribution is 0.00254. The number of Topliss-reactive ketones (excluding diaryl/α,β-unsaturated/α-hetero) is 1. The first-order chi connectivity index (χ1) is 11.8. The van der Waals surface area contributed by atoms with Gasteiger partial charge in [-0.1, -0.05) is 18.1 Å². The Hall–Kier alpha value is -2.28. The Bertz CT molecular complexity index is 694. The normalized spacial score (nSPS) is 25.4. The zero-order valence-electron chi connectivity index (χ0n) is 15.1. The maximum Gasteiger partial charge on any atom is 0.410 e. The lowest BCUT2D eigenvalue weighted by Crippen LogP contribution is -2.49. The van der Waals surface area contributed by atoms with E-state index in [1.165, 1.54) is 0 Å². The molecule has 2 atom stereocenters. The maximum absolute atomic E-state index is 12.8. The van der Waals surface area contributed by atoms with Crippen molar-refractivity contribution in [3.05, 3.63) is 35.4 Å². The zero-order valence-corrected chi connectivity index (χ0v) is 15.1. The lowest BCUT2D eigenvalue weighted by Gasteiger charge is -2.39. The van der Waals surface area contributed by atoms with Gasteiger partial charge in [0.2, 0.25) is 0 Å². The van der Waals surface area contributed by atoms with Crippen LogP contribution in [-0.2, 0) is 4.74 Å². The van der Waals surface area contributed by atoms with E-state index in [1.54, 1.807) is 24.3 Å². The topological polar surface area (TPSA) is 46.6 Å². The van der Waals surface area contributed by atoms with Gasteiger partial charge in [-0.2, -0.15) is 0 Å². The van der Waals surface area contributed by atoms with E-state index in [4.69, 9.17) is 11.2 Å². The van der Waals surface area contributed by atoms with Crippen LogP contribution in [-0.4, -0.2) is 34.5 Å². The van der Waals surface area contributed by atoms with Crippen molar-refractivity contribution < 1.29 is 14.3 Å². The Labute approximate surface area is 149 Å². The van der Waals surface area contributed by atoms with Gasteiger partial charge in [0.25, 0.3) is 0 Å². The minimum absolute atomic E-state index is 0.0344. The van der Waals surface area contributed by atoms with E-state index >= 15 is 0 Å². The maximum atomic E-state index is 12.8. The minimum atomic E-state index is -0.498. The summed E-state index contributed by atoms with van der Waals surface area (Å²) in [6, 6.07) is 7.43. The molecule has 2 heterocycles. The van der Waals surface area contributed by atoms with E-state index in [9.17, 15) is 9.59 Å². The molecular formula is C21H25NO3. The number of benzene rings is 1. The van der Waals surface area contributed by atoms with Crippen molar-refractivity contribution in [3.63, 3.8) is 0 Å². The van der Waals surface area contributed by atoms with Gasteiger partial charge in [-0.05, 0) is 58.6 Å². The van der Waals surface area contributed by atoms with Crippen molar-refractivity contribution in [1.29, 1.82) is 0 Å². The van der Waals surface area contributed by atoms with Crippen molar-refractivity contribution in [3.8, 4) is 12.3 Å². The van der Waals surface area contributed by atoms with Gasteiger partial charge in [0.1, 0.15) is 5.60 Å². The largest absolute Gasteiger partial charge is 0.444 e. The van der Waals surface area contributed by atoms with Crippen molar-refractivity contribution in [2.45, 2.75) is 64.1 Å². The Morgan fingerprint density at radius 2 is 1.68 bits per heavy atom. The highest BCUT2D eigenvalue weighted by molar-refractivity contribution is 5.98. The lowest BCUT2D eigenvalue weighted by atomic mass is 9.85. The highest BCUT2D eigenvalue weighted by atomic mass is 16.6. The SMILES string of the molecule is C#Cc1ccc(C(=O)C2CC3CCC(C2)N3C(=O)OC(C)(C)C)cc1. The van der Waals surface area contributed by atoms with Gasteiger partial charge in [0.05, 0.1) is 0 Å². The van der Waals surface area contributed by atoms with E-state index in [0.717, 1.165) is 18.4 Å². The number of terminal acetylenes is 1. The molecule has 0 saturated carbocycles. The number of carbonyl (C=O) groups is 2. The number of piperidine rings is 1. The molecule has 1 aromatic rings. The molecule has 3 rings (SSSR count). The number of hydrogen-bond donors (Lipinski definition) is 0. The average molecular weight is 339 g/mol. The Morgan fingerprint density at radius 1 is 1.12 bits per heavy atom. The molecule has 0 aromatic heterocycles. The first-order valence-corrected chi connectivity index (χ1v) is 8.90. The molecule has 2 saturated heterocycles. The van der Waals surface area contributed by atoms with E-state index in [-0.39, 0.29) is 29.9 Å². The molecule has 132 valence electrons. The van der Waals surface area contributed by atoms with Crippen molar-refractivity contribution in [1.82, 2.24) is 4.90 Å². The van der Waals surface area contributed by atoms with Crippen molar-refractivity contribution in [2.75, 3.05) is 0 Å². The molecule has 2 aliphatic rings. The Morgan fingerprint density at radius 3 is 2.16 bits per heavy atom. The summed E-state index contributed by atoms with van der Waals surface area (Å²) in [6.07, 6.45) is 8.44. The van der Waals surface area contributed by atoms with E-state index < -0.39 is 5.60 Å². The molecule has 4 nitrogen and oxygen atoms in total. The number of amides is 1. The summed E-state index contributed by atoms with van der Waals surface area (Å²) in [5.41, 5.74) is 0.979. The second-order valence-electron chi connectivity index (χ2n) is 8.03. The number of nitrogens with zero attached hydrogens (tertiary/aromatic N) is 1. The minimum Gasteiger partial charge on any atom is -0.444 e. The van der Waals surface area contributed by atoms with Gasteiger partial charge < -0.3 is 9.64 Å². The van der Waals surface area contributed by atoms with Crippen LogP contribution in [0.4, 0.5) is 4.79 Å². The predicted octanol–water partition coefficient (Wildman–Crippen LogP) is 4.03. The molecule has 1 aromatic carbocycles. The fourth-order valence-electron chi connectivity index (χ4n) is 3.97. The summed E-state index contributed by atoms with van der Waals surface area (Å²) in [5, 5.41) is 0. The van der Waals surface area contributed by atoms with Crippen LogP contribution in [0, 0.1) is 18.3 Å². The molecule has 1 amide bonds. The molecule has 2 fully saturated rings. The number of hydrogen-bond acceptors (Lipinski definition) is 3. The number of carbonyl (C=O) groups excluding carboxylic acids is 2. The molecule has 25 heavy (non-hydrogen) atoms. The molecular weight excluding hydrogens is 314 g/mol. The highest BCUT2D eigenvalue weighted by Crippen LogP contribution is 2.40. The summed E-state index contributed by atoms with van der Waals surface area (Å²) in [7, 11) is 0. The van der Waals surface area contributed by atoms with Crippen LogP contribution >= 0.6 is 0 Å². The molecule has 4 heteroatoms. The summed E-state index contributed by atoms with van der Waals surface area (Å²) < 4.78 is 5.55. The molecule has 2 bridgehead atoms. The summed E-state index contributed by atoms with van der Waals surface area (Å²) in [4.78, 5) is 27.2. The van der Waals surface area contributed by atoms with Crippen LogP contribution in [0.25, 0.3) is 0 Å². The quantitative estimate of drug-likeness (QED) is 0.604.